The van der Waals surface area contributed by atoms with E-state index < -0.39 is 0 Å². The van der Waals surface area contributed by atoms with Crippen LogP contribution in [0.5, 0.6) is 11.5 Å². The molecule has 0 amide bonds. The summed E-state index contributed by atoms with van der Waals surface area (Å²) in [5.41, 5.74) is 3.47. The van der Waals surface area contributed by atoms with Gasteiger partial charge in [-0.3, -0.25) is 9.88 Å². The maximum Gasteiger partial charge on any atom is 0.145 e. The minimum Gasteiger partial charge on any atom is -0.495 e. The lowest BCUT2D eigenvalue weighted by atomic mass is 10.0. The van der Waals surface area contributed by atoms with Gasteiger partial charge in [-0.25, -0.2) is 0 Å². The molecule has 2 aromatic carbocycles. The van der Waals surface area contributed by atoms with Gasteiger partial charge in [-0.2, -0.15) is 0 Å². The summed E-state index contributed by atoms with van der Waals surface area (Å²) >= 11 is 0. The highest BCUT2D eigenvalue weighted by atomic mass is 16.5. The van der Waals surface area contributed by atoms with Gasteiger partial charge in [-0.1, -0.05) is 24.3 Å². The molecule has 4 rings (SSSR count). The molecular weight excluding hydrogens is 350 g/mol. The molecule has 1 aromatic heterocycles. The molecule has 146 valence electrons. The molecule has 0 aliphatic carbocycles. The molecule has 0 unspecified atom stereocenters. The fourth-order valence-corrected chi connectivity index (χ4v) is 3.97. The van der Waals surface area contributed by atoms with Crippen molar-refractivity contribution in [2.75, 3.05) is 51.8 Å². The first-order chi connectivity index (χ1) is 13.8. The Kier molecular flexibility index (Phi) is 5.63. The normalized spacial score (nSPS) is 15.0. The van der Waals surface area contributed by atoms with E-state index in [-0.39, 0.29) is 0 Å². The van der Waals surface area contributed by atoms with Crippen LogP contribution in [0.1, 0.15) is 5.56 Å². The van der Waals surface area contributed by atoms with Gasteiger partial charge in [-0.15, -0.1) is 0 Å². The lowest BCUT2D eigenvalue weighted by Gasteiger charge is -2.36. The van der Waals surface area contributed by atoms with Crippen molar-refractivity contribution in [2.45, 2.75) is 6.42 Å². The van der Waals surface area contributed by atoms with Crippen LogP contribution in [0.4, 0.5) is 5.69 Å². The van der Waals surface area contributed by atoms with Gasteiger partial charge in [0.05, 0.1) is 19.9 Å². The van der Waals surface area contributed by atoms with Crippen LogP contribution in [-0.2, 0) is 6.42 Å². The van der Waals surface area contributed by atoms with Crippen LogP contribution < -0.4 is 14.4 Å². The lowest BCUT2D eigenvalue weighted by molar-refractivity contribution is 0.260. The number of rotatable bonds is 6. The van der Waals surface area contributed by atoms with Crippen molar-refractivity contribution < 1.29 is 9.47 Å². The van der Waals surface area contributed by atoms with Crippen LogP contribution in [0, 0.1) is 0 Å². The molecule has 5 nitrogen and oxygen atoms in total. The Morgan fingerprint density at radius 1 is 0.857 bits per heavy atom. The molecule has 28 heavy (non-hydrogen) atoms. The molecule has 0 radical (unpaired) electrons. The van der Waals surface area contributed by atoms with Gasteiger partial charge in [0.15, 0.2) is 0 Å². The highest BCUT2D eigenvalue weighted by Crippen LogP contribution is 2.29. The summed E-state index contributed by atoms with van der Waals surface area (Å²) in [6.07, 6.45) is 2.84. The summed E-state index contributed by atoms with van der Waals surface area (Å²) in [4.78, 5) is 9.47. The third-order valence-electron chi connectivity index (χ3n) is 5.54. The van der Waals surface area contributed by atoms with Crippen molar-refractivity contribution >= 4 is 16.6 Å². The molecule has 1 fully saturated rings. The maximum atomic E-state index is 5.52. The Labute approximate surface area is 166 Å². The van der Waals surface area contributed by atoms with E-state index in [0.717, 1.165) is 56.2 Å². The number of hydrogen-bond acceptors (Lipinski definition) is 5. The van der Waals surface area contributed by atoms with Crippen LogP contribution >= 0.6 is 0 Å². The molecule has 0 bridgehead atoms. The minimum absolute atomic E-state index is 0.838. The Hall–Kier alpha value is -2.79. The second-order valence-electron chi connectivity index (χ2n) is 7.08. The summed E-state index contributed by atoms with van der Waals surface area (Å²) in [7, 11) is 3.44. The van der Waals surface area contributed by atoms with Crippen LogP contribution in [0.2, 0.25) is 0 Å². The average molecular weight is 377 g/mol. The molecule has 1 aliphatic heterocycles. The molecule has 2 heterocycles. The number of anilines is 1. The molecular formula is C23H27N3O2. The molecule has 0 N–H and O–H groups in total. The van der Waals surface area contributed by atoms with E-state index in [1.807, 2.05) is 30.5 Å². The number of hydrogen-bond donors (Lipinski definition) is 0. The second-order valence-corrected chi connectivity index (χ2v) is 7.08. The number of methoxy groups -OCH3 is 2. The van der Waals surface area contributed by atoms with Crippen molar-refractivity contribution in [1.82, 2.24) is 9.88 Å². The number of aromatic nitrogens is 1. The monoisotopic (exact) mass is 377 g/mol. The molecule has 3 aromatic rings. The van der Waals surface area contributed by atoms with Gasteiger partial charge in [0.1, 0.15) is 17.0 Å². The SMILES string of the molecule is COc1ccccc1N1CCN(CCc2ccc(OC)c3ncccc23)CC1. The Morgan fingerprint density at radius 3 is 2.43 bits per heavy atom. The van der Waals surface area contributed by atoms with E-state index in [9.17, 15) is 0 Å². The number of piperazine rings is 1. The van der Waals surface area contributed by atoms with Crippen LogP contribution in [0.15, 0.2) is 54.7 Å². The summed E-state index contributed by atoms with van der Waals surface area (Å²) in [6.45, 7) is 5.21. The smallest absolute Gasteiger partial charge is 0.145 e. The van der Waals surface area contributed by atoms with E-state index in [1.165, 1.54) is 16.6 Å². The maximum absolute atomic E-state index is 5.52. The van der Waals surface area contributed by atoms with Crippen LogP contribution in [-0.4, -0.2) is 56.8 Å². The van der Waals surface area contributed by atoms with Crippen molar-refractivity contribution in [2.24, 2.45) is 0 Å². The number of ether oxygens (including phenoxy) is 2. The molecule has 1 saturated heterocycles. The predicted octanol–water partition coefficient (Wildman–Crippen LogP) is 3.62. The lowest BCUT2D eigenvalue weighted by Crippen LogP contribution is -2.47. The first-order valence-corrected chi connectivity index (χ1v) is 9.81. The van der Waals surface area contributed by atoms with Gasteiger partial charge < -0.3 is 14.4 Å². The zero-order valence-electron chi connectivity index (χ0n) is 16.6. The van der Waals surface area contributed by atoms with Gasteiger partial charge in [0.25, 0.3) is 0 Å². The molecule has 0 spiro atoms. The van der Waals surface area contributed by atoms with Crippen molar-refractivity contribution in [3.63, 3.8) is 0 Å². The van der Waals surface area contributed by atoms with Crippen LogP contribution in [0.25, 0.3) is 10.9 Å². The number of nitrogens with zero attached hydrogens (tertiary/aromatic N) is 3. The molecule has 5 heteroatoms. The first-order valence-electron chi connectivity index (χ1n) is 9.81. The standard InChI is InChI=1S/C23H27N3O2/c1-27-21-8-4-3-7-20(21)26-16-14-25(15-17-26)13-11-18-9-10-22(28-2)23-19(18)6-5-12-24-23/h3-10,12H,11,13-17H2,1-2H3. The first kappa shape index (κ1) is 18.6. The topological polar surface area (TPSA) is 37.8 Å². The summed E-state index contributed by atoms with van der Waals surface area (Å²) in [5, 5.41) is 1.19. The van der Waals surface area contributed by atoms with Gasteiger partial charge in [-0.05, 0) is 36.2 Å². The highest BCUT2D eigenvalue weighted by Gasteiger charge is 2.19. The summed E-state index contributed by atoms with van der Waals surface area (Å²) < 4.78 is 11.0. The largest absolute Gasteiger partial charge is 0.495 e. The molecule has 1 aliphatic rings. The number of pyridine rings is 1. The third kappa shape index (κ3) is 3.76. The summed E-state index contributed by atoms with van der Waals surface area (Å²) in [5.74, 6) is 1.79. The quantitative estimate of drug-likeness (QED) is 0.656. The van der Waals surface area contributed by atoms with E-state index in [4.69, 9.17) is 9.47 Å². The number of benzene rings is 2. The number of fused-ring (bicyclic) bond motifs is 1. The minimum atomic E-state index is 0.838. The average Bonchev–Trinajstić information content (AvgIpc) is 2.77. The highest BCUT2D eigenvalue weighted by molar-refractivity contribution is 5.87. The Morgan fingerprint density at radius 2 is 1.64 bits per heavy atom. The zero-order valence-corrected chi connectivity index (χ0v) is 16.6. The number of para-hydroxylation sites is 2. The van der Waals surface area contributed by atoms with E-state index in [1.54, 1.807) is 14.2 Å². The van der Waals surface area contributed by atoms with E-state index >= 15 is 0 Å². The van der Waals surface area contributed by atoms with Crippen molar-refractivity contribution in [3.8, 4) is 11.5 Å². The zero-order chi connectivity index (χ0) is 19.3. The molecule has 0 saturated carbocycles. The van der Waals surface area contributed by atoms with Gasteiger partial charge >= 0.3 is 0 Å². The Bertz CT molecular complexity index is 936. The van der Waals surface area contributed by atoms with Crippen molar-refractivity contribution in [1.29, 1.82) is 0 Å². The van der Waals surface area contributed by atoms with Gasteiger partial charge in [0.2, 0.25) is 0 Å². The van der Waals surface area contributed by atoms with E-state index in [2.05, 4.69) is 39.0 Å². The summed E-state index contributed by atoms with van der Waals surface area (Å²) in [6, 6.07) is 16.6. The van der Waals surface area contributed by atoms with Gasteiger partial charge in [0, 0.05) is 44.3 Å². The predicted molar refractivity (Wildman–Crippen MR) is 114 cm³/mol. The van der Waals surface area contributed by atoms with Crippen molar-refractivity contribution in [3.05, 3.63) is 60.3 Å². The molecule has 0 atom stereocenters. The Balaban J connectivity index is 1.39. The van der Waals surface area contributed by atoms with E-state index in [0.29, 0.717) is 0 Å². The van der Waals surface area contributed by atoms with Crippen LogP contribution in [0.3, 0.4) is 0 Å². The second kappa shape index (κ2) is 8.48. The fourth-order valence-electron chi connectivity index (χ4n) is 3.97. The fraction of sp³-hybridized carbons (Fsp3) is 0.348. The third-order valence-corrected chi connectivity index (χ3v) is 5.54.